The van der Waals surface area contributed by atoms with Gasteiger partial charge in [-0.25, -0.2) is 13.8 Å². The molecule has 7 heteroatoms. The van der Waals surface area contributed by atoms with Crippen LogP contribution in [0.4, 0.5) is 4.39 Å². The van der Waals surface area contributed by atoms with Crippen molar-refractivity contribution in [1.82, 2.24) is 14.9 Å². The highest BCUT2D eigenvalue weighted by Gasteiger charge is 2.25. The Morgan fingerprint density at radius 1 is 0.903 bits per heavy atom. The van der Waals surface area contributed by atoms with Crippen molar-refractivity contribution in [3.05, 3.63) is 117 Å². The van der Waals surface area contributed by atoms with E-state index < -0.39 is 23.2 Å². The van der Waals surface area contributed by atoms with Gasteiger partial charge in [0.15, 0.2) is 0 Å². The van der Waals surface area contributed by atoms with E-state index in [0.29, 0.717) is 16.5 Å². The number of H-pyrrole nitrogens is 1. The lowest BCUT2D eigenvalue weighted by Gasteiger charge is -2.19. The molecule has 6 nitrogen and oxygen atoms in total. The van der Waals surface area contributed by atoms with Crippen molar-refractivity contribution in [2.24, 2.45) is 0 Å². The summed E-state index contributed by atoms with van der Waals surface area (Å²) in [5.41, 5.74) is 0.745. The summed E-state index contributed by atoms with van der Waals surface area (Å²) in [6.07, 6.45) is 0.164. The maximum atomic E-state index is 13.1. The first-order valence-corrected chi connectivity index (χ1v) is 9.82. The lowest BCUT2D eigenvalue weighted by atomic mass is 10.0. The highest BCUT2D eigenvalue weighted by Crippen LogP contribution is 2.14. The SMILES string of the molecule is O=C(NCc1ccc(F)cc1)[C@H](Cc1ccccc1)n1c(=O)[nH]c2ccccc2c1=O. The number of carbonyl (C=O) groups excluding carboxylic acids is 1. The van der Waals surface area contributed by atoms with Crippen LogP contribution in [-0.2, 0) is 17.8 Å². The number of para-hydroxylation sites is 1. The molecule has 0 aliphatic rings. The van der Waals surface area contributed by atoms with Gasteiger partial charge < -0.3 is 10.3 Å². The molecule has 1 amide bonds. The van der Waals surface area contributed by atoms with E-state index >= 15 is 0 Å². The fraction of sp³-hybridized carbons (Fsp3) is 0.125. The molecular formula is C24H20FN3O3. The molecule has 1 atom stereocenters. The van der Waals surface area contributed by atoms with Crippen LogP contribution in [0.15, 0.2) is 88.5 Å². The minimum absolute atomic E-state index is 0.143. The second kappa shape index (κ2) is 8.79. The number of halogens is 1. The van der Waals surface area contributed by atoms with E-state index in [-0.39, 0.29) is 18.8 Å². The highest BCUT2D eigenvalue weighted by atomic mass is 19.1. The summed E-state index contributed by atoms with van der Waals surface area (Å²) in [6, 6.07) is 20.5. The van der Waals surface area contributed by atoms with Crippen molar-refractivity contribution in [1.29, 1.82) is 0 Å². The number of amides is 1. The molecule has 0 fully saturated rings. The Bertz CT molecular complexity index is 1330. The van der Waals surface area contributed by atoms with Gasteiger partial charge in [0.2, 0.25) is 5.91 Å². The number of nitrogens with zero attached hydrogens (tertiary/aromatic N) is 1. The summed E-state index contributed by atoms with van der Waals surface area (Å²) in [7, 11) is 0. The summed E-state index contributed by atoms with van der Waals surface area (Å²) < 4.78 is 14.1. The predicted octanol–water partition coefficient (Wildman–Crippen LogP) is 2.93. The first-order valence-electron chi connectivity index (χ1n) is 9.82. The maximum Gasteiger partial charge on any atom is 0.329 e. The summed E-state index contributed by atoms with van der Waals surface area (Å²) in [5, 5.41) is 3.09. The lowest BCUT2D eigenvalue weighted by molar-refractivity contribution is -0.124. The smallest absolute Gasteiger partial charge is 0.329 e. The van der Waals surface area contributed by atoms with Crippen LogP contribution in [0.5, 0.6) is 0 Å². The van der Waals surface area contributed by atoms with Crippen LogP contribution >= 0.6 is 0 Å². The third kappa shape index (κ3) is 4.45. The van der Waals surface area contributed by atoms with E-state index in [1.807, 2.05) is 30.3 Å². The van der Waals surface area contributed by atoms with Crippen LogP contribution in [0.1, 0.15) is 17.2 Å². The van der Waals surface area contributed by atoms with E-state index in [0.717, 1.165) is 10.1 Å². The molecule has 0 bridgehead atoms. The van der Waals surface area contributed by atoms with E-state index in [2.05, 4.69) is 10.3 Å². The Balaban J connectivity index is 1.71. The van der Waals surface area contributed by atoms with Gasteiger partial charge in [-0.2, -0.15) is 0 Å². The Kier molecular flexibility index (Phi) is 5.75. The fourth-order valence-electron chi connectivity index (χ4n) is 3.51. The van der Waals surface area contributed by atoms with Gasteiger partial charge in [-0.15, -0.1) is 0 Å². The maximum absolute atomic E-state index is 13.1. The molecule has 1 heterocycles. The van der Waals surface area contributed by atoms with Gasteiger partial charge in [0.25, 0.3) is 5.56 Å². The summed E-state index contributed by atoms with van der Waals surface area (Å²) >= 11 is 0. The average Bonchev–Trinajstić information content (AvgIpc) is 2.78. The van der Waals surface area contributed by atoms with Gasteiger partial charge in [0.1, 0.15) is 11.9 Å². The van der Waals surface area contributed by atoms with Crippen LogP contribution in [0, 0.1) is 5.82 Å². The number of rotatable bonds is 6. The molecule has 0 aliphatic carbocycles. The first kappa shape index (κ1) is 20.3. The van der Waals surface area contributed by atoms with Crippen LogP contribution in [0.2, 0.25) is 0 Å². The number of nitrogens with one attached hydrogen (secondary N) is 2. The van der Waals surface area contributed by atoms with Gasteiger partial charge in [-0.05, 0) is 35.4 Å². The quantitative estimate of drug-likeness (QED) is 0.506. The van der Waals surface area contributed by atoms with Crippen LogP contribution < -0.4 is 16.6 Å². The largest absolute Gasteiger partial charge is 0.350 e. The normalized spacial score (nSPS) is 11.9. The number of aromatic nitrogens is 2. The van der Waals surface area contributed by atoms with E-state index in [1.165, 1.54) is 12.1 Å². The van der Waals surface area contributed by atoms with Crippen LogP contribution in [0.25, 0.3) is 10.9 Å². The van der Waals surface area contributed by atoms with Gasteiger partial charge >= 0.3 is 5.69 Å². The van der Waals surface area contributed by atoms with E-state index in [4.69, 9.17) is 0 Å². The van der Waals surface area contributed by atoms with Gasteiger partial charge in [-0.1, -0.05) is 54.6 Å². The first-order chi connectivity index (χ1) is 15.0. The predicted molar refractivity (Wildman–Crippen MR) is 116 cm³/mol. The molecule has 1 aromatic heterocycles. The molecule has 3 aromatic carbocycles. The number of hydrogen-bond acceptors (Lipinski definition) is 3. The molecular weight excluding hydrogens is 397 g/mol. The molecule has 156 valence electrons. The van der Waals surface area contributed by atoms with Crippen LogP contribution in [-0.4, -0.2) is 15.5 Å². The Labute approximate surface area is 177 Å². The summed E-state index contributed by atoms with van der Waals surface area (Å²) in [5.74, 6) is -0.845. The lowest BCUT2D eigenvalue weighted by Crippen LogP contribution is -2.45. The zero-order chi connectivity index (χ0) is 21.8. The van der Waals surface area contributed by atoms with Crippen LogP contribution in [0.3, 0.4) is 0 Å². The zero-order valence-corrected chi connectivity index (χ0v) is 16.5. The second-order valence-electron chi connectivity index (χ2n) is 7.20. The number of aromatic amines is 1. The zero-order valence-electron chi connectivity index (χ0n) is 16.5. The Hall–Kier alpha value is -4.00. The molecule has 0 unspecified atom stereocenters. The van der Waals surface area contributed by atoms with Crippen molar-refractivity contribution in [2.45, 2.75) is 19.0 Å². The summed E-state index contributed by atoms with van der Waals surface area (Å²) in [4.78, 5) is 41.7. The molecule has 31 heavy (non-hydrogen) atoms. The van der Waals surface area contributed by atoms with Crippen molar-refractivity contribution in [3.63, 3.8) is 0 Å². The third-order valence-electron chi connectivity index (χ3n) is 5.10. The minimum atomic E-state index is -1.05. The van der Waals surface area contributed by atoms with E-state index in [9.17, 15) is 18.8 Å². The number of hydrogen-bond donors (Lipinski definition) is 2. The molecule has 0 aliphatic heterocycles. The standard InChI is InChI=1S/C24H20FN3O3/c25-18-12-10-17(11-13-18)15-26-22(29)21(14-16-6-2-1-3-7-16)28-23(30)19-8-4-5-9-20(19)27-24(28)31/h1-13,21H,14-15H2,(H,26,29)(H,27,31)/t21-/m0/s1. The molecule has 0 saturated carbocycles. The van der Waals surface area contributed by atoms with Crippen molar-refractivity contribution < 1.29 is 9.18 Å². The van der Waals surface area contributed by atoms with Gasteiger partial charge in [-0.3, -0.25) is 9.59 Å². The topological polar surface area (TPSA) is 84.0 Å². The summed E-state index contributed by atoms with van der Waals surface area (Å²) in [6.45, 7) is 0.143. The third-order valence-corrected chi connectivity index (χ3v) is 5.10. The highest BCUT2D eigenvalue weighted by molar-refractivity contribution is 5.82. The molecule has 0 saturated heterocycles. The molecule has 4 rings (SSSR count). The Morgan fingerprint density at radius 3 is 2.32 bits per heavy atom. The second-order valence-corrected chi connectivity index (χ2v) is 7.20. The molecule has 4 aromatic rings. The Morgan fingerprint density at radius 2 is 1.58 bits per heavy atom. The number of benzene rings is 3. The molecule has 0 radical (unpaired) electrons. The van der Waals surface area contributed by atoms with Gasteiger partial charge in [0, 0.05) is 13.0 Å². The van der Waals surface area contributed by atoms with Gasteiger partial charge in [0.05, 0.1) is 10.9 Å². The van der Waals surface area contributed by atoms with Crippen molar-refractivity contribution in [3.8, 4) is 0 Å². The number of fused-ring (bicyclic) bond motifs is 1. The minimum Gasteiger partial charge on any atom is -0.350 e. The van der Waals surface area contributed by atoms with E-state index in [1.54, 1.807) is 36.4 Å². The number of carbonyl (C=O) groups is 1. The molecule has 2 N–H and O–H groups in total. The fourth-order valence-corrected chi connectivity index (χ4v) is 3.51. The average molecular weight is 417 g/mol. The molecule has 0 spiro atoms. The van der Waals surface area contributed by atoms with Crippen molar-refractivity contribution in [2.75, 3.05) is 0 Å². The monoisotopic (exact) mass is 417 g/mol. The van der Waals surface area contributed by atoms with Crippen molar-refractivity contribution >= 4 is 16.8 Å².